The normalized spacial score (nSPS) is 19.5. The highest BCUT2D eigenvalue weighted by Gasteiger charge is 2.29. The maximum Gasteiger partial charge on any atom is 0.241 e. The molecule has 1 aromatic heterocycles. The van der Waals surface area contributed by atoms with Crippen LogP contribution in [-0.2, 0) is 27.8 Å². The third-order valence-electron chi connectivity index (χ3n) is 5.14. The third kappa shape index (κ3) is 3.37. The second kappa shape index (κ2) is 6.72. The van der Waals surface area contributed by atoms with E-state index in [1.807, 2.05) is 0 Å². The molecule has 8 nitrogen and oxygen atoms in total. The van der Waals surface area contributed by atoms with Crippen LogP contribution in [0.25, 0.3) is 0 Å². The molecule has 4 rings (SSSR count). The third-order valence-corrected chi connectivity index (χ3v) is 6.61. The van der Waals surface area contributed by atoms with E-state index < -0.39 is 10.0 Å². The summed E-state index contributed by atoms with van der Waals surface area (Å²) in [5.74, 6) is 1.29. The van der Waals surface area contributed by atoms with Crippen LogP contribution in [0.5, 0.6) is 0 Å². The Balaban J connectivity index is 1.63. The molecule has 0 bridgehead atoms. The highest BCUT2D eigenvalue weighted by atomic mass is 32.2. The molecule has 27 heavy (non-hydrogen) atoms. The van der Waals surface area contributed by atoms with Gasteiger partial charge in [0.25, 0.3) is 0 Å². The van der Waals surface area contributed by atoms with Gasteiger partial charge in [0.05, 0.1) is 10.9 Å². The number of hydrogen-bond acceptors (Lipinski definition) is 5. The van der Waals surface area contributed by atoms with Gasteiger partial charge in [0.15, 0.2) is 0 Å². The van der Waals surface area contributed by atoms with Crippen molar-refractivity contribution in [3.8, 4) is 0 Å². The van der Waals surface area contributed by atoms with Crippen molar-refractivity contribution in [2.24, 2.45) is 0 Å². The summed E-state index contributed by atoms with van der Waals surface area (Å²) < 4.78 is 30.5. The van der Waals surface area contributed by atoms with Gasteiger partial charge in [0.1, 0.15) is 11.6 Å². The fourth-order valence-electron chi connectivity index (χ4n) is 3.90. The lowest BCUT2D eigenvalue weighted by Crippen LogP contribution is -2.35. The Morgan fingerprint density at radius 1 is 1.26 bits per heavy atom. The van der Waals surface area contributed by atoms with Crippen LogP contribution in [0.1, 0.15) is 49.4 Å². The van der Waals surface area contributed by atoms with Crippen LogP contribution < -0.4 is 9.62 Å². The largest absolute Gasteiger partial charge is 0.312 e. The molecule has 0 saturated carbocycles. The average molecular weight is 389 g/mol. The quantitative estimate of drug-likeness (QED) is 0.862. The van der Waals surface area contributed by atoms with E-state index in [2.05, 4.69) is 14.8 Å². The summed E-state index contributed by atoms with van der Waals surface area (Å²) in [6.07, 6.45) is 3.13. The summed E-state index contributed by atoms with van der Waals surface area (Å²) in [4.78, 5) is 18.1. The van der Waals surface area contributed by atoms with Crippen molar-refractivity contribution in [1.82, 2.24) is 19.5 Å². The van der Waals surface area contributed by atoms with E-state index >= 15 is 0 Å². The molecule has 0 fully saturated rings. The first-order valence-corrected chi connectivity index (χ1v) is 10.7. The number of amides is 1. The summed E-state index contributed by atoms with van der Waals surface area (Å²) in [5, 5.41) is 4.32. The number of nitrogens with one attached hydrogen (secondary N) is 1. The molecule has 3 heterocycles. The van der Waals surface area contributed by atoms with Crippen LogP contribution in [0.15, 0.2) is 23.1 Å². The molecule has 0 aliphatic carbocycles. The van der Waals surface area contributed by atoms with Crippen molar-refractivity contribution < 1.29 is 13.2 Å². The zero-order valence-corrected chi connectivity index (χ0v) is 16.3. The predicted octanol–water partition coefficient (Wildman–Crippen LogP) is 1.70. The van der Waals surface area contributed by atoms with E-state index in [1.165, 1.54) is 6.92 Å². The molecule has 1 aromatic carbocycles. The van der Waals surface area contributed by atoms with Crippen LogP contribution >= 0.6 is 0 Å². The van der Waals surface area contributed by atoms with Crippen LogP contribution in [0.4, 0.5) is 5.69 Å². The Hall–Kier alpha value is -2.26. The lowest BCUT2D eigenvalue weighted by Gasteiger charge is -2.29. The molecular formula is C18H23N5O3S. The summed E-state index contributed by atoms with van der Waals surface area (Å²) >= 11 is 0. The number of carbonyl (C=O) groups excluding carboxylic acids is 1. The van der Waals surface area contributed by atoms with Gasteiger partial charge in [-0.05, 0) is 56.4 Å². The maximum absolute atomic E-state index is 13.0. The Kier molecular flexibility index (Phi) is 4.51. The standard InChI is InChI=1S/C18H23N5O3S/c1-12-19-18-16(6-4-10-23(18)20-12)21-27(25,26)15-7-8-17-14(11-15)5-3-9-22(17)13(2)24/h7-8,11,16,21H,3-6,9-10H2,1-2H3/t16-/m1/s1. The monoisotopic (exact) mass is 389 g/mol. The number of fused-ring (bicyclic) bond motifs is 2. The fraction of sp³-hybridized carbons (Fsp3) is 0.500. The number of carbonyl (C=O) groups is 1. The molecule has 0 radical (unpaired) electrons. The van der Waals surface area contributed by atoms with Gasteiger partial charge in [-0.3, -0.25) is 4.79 Å². The number of aromatic nitrogens is 3. The van der Waals surface area contributed by atoms with E-state index in [9.17, 15) is 13.2 Å². The molecule has 144 valence electrons. The van der Waals surface area contributed by atoms with Crippen molar-refractivity contribution >= 4 is 21.6 Å². The van der Waals surface area contributed by atoms with E-state index in [0.29, 0.717) is 24.6 Å². The molecule has 0 saturated heterocycles. The van der Waals surface area contributed by atoms with Crippen LogP contribution in [-0.4, -0.2) is 35.6 Å². The number of benzene rings is 1. The Morgan fingerprint density at radius 3 is 2.85 bits per heavy atom. The van der Waals surface area contributed by atoms with Crippen LogP contribution in [0, 0.1) is 6.92 Å². The highest BCUT2D eigenvalue weighted by Crippen LogP contribution is 2.31. The van der Waals surface area contributed by atoms with Crippen LogP contribution in [0.3, 0.4) is 0 Å². The smallest absolute Gasteiger partial charge is 0.241 e. The minimum Gasteiger partial charge on any atom is -0.312 e. The number of rotatable bonds is 3. The molecule has 2 aromatic rings. The summed E-state index contributed by atoms with van der Waals surface area (Å²) in [6.45, 7) is 4.77. The molecule has 0 spiro atoms. The molecule has 1 atom stereocenters. The SMILES string of the molecule is CC(=O)N1CCCc2cc(S(=O)(=O)N[C@@H]3CCCn4nc(C)nc43)ccc21. The fourth-order valence-corrected chi connectivity index (χ4v) is 5.18. The molecular weight excluding hydrogens is 366 g/mol. The number of hydrogen-bond donors (Lipinski definition) is 1. The summed E-state index contributed by atoms with van der Waals surface area (Å²) in [7, 11) is -3.70. The Labute approximate surface area is 158 Å². The number of sulfonamides is 1. The van der Waals surface area contributed by atoms with Gasteiger partial charge < -0.3 is 4.90 Å². The Morgan fingerprint density at radius 2 is 2.07 bits per heavy atom. The van der Waals surface area contributed by atoms with Gasteiger partial charge in [-0.1, -0.05) is 0 Å². The van der Waals surface area contributed by atoms with Gasteiger partial charge in [0.2, 0.25) is 15.9 Å². The lowest BCUT2D eigenvalue weighted by atomic mass is 10.0. The van der Waals surface area contributed by atoms with Crippen molar-refractivity contribution in [2.75, 3.05) is 11.4 Å². The first kappa shape index (κ1) is 18.1. The second-order valence-electron chi connectivity index (χ2n) is 7.12. The van der Waals surface area contributed by atoms with E-state index in [-0.39, 0.29) is 16.8 Å². The number of anilines is 1. The molecule has 9 heteroatoms. The first-order chi connectivity index (χ1) is 12.8. The summed E-state index contributed by atoms with van der Waals surface area (Å²) in [6, 6.07) is 4.61. The molecule has 2 aliphatic heterocycles. The molecule has 1 amide bonds. The summed E-state index contributed by atoms with van der Waals surface area (Å²) in [5.41, 5.74) is 1.70. The van der Waals surface area contributed by atoms with Crippen molar-refractivity contribution in [2.45, 2.75) is 57.0 Å². The van der Waals surface area contributed by atoms with E-state index in [1.54, 1.807) is 34.7 Å². The zero-order valence-electron chi connectivity index (χ0n) is 15.5. The second-order valence-corrected chi connectivity index (χ2v) is 8.84. The minimum atomic E-state index is -3.70. The number of nitrogens with zero attached hydrogens (tertiary/aromatic N) is 4. The topological polar surface area (TPSA) is 97.2 Å². The van der Waals surface area contributed by atoms with Gasteiger partial charge >= 0.3 is 0 Å². The maximum atomic E-state index is 13.0. The van der Waals surface area contributed by atoms with Gasteiger partial charge in [-0.15, -0.1) is 0 Å². The van der Waals surface area contributed by atoms with E-state index in [4.69, 9.17) is 0 Å². The molecule has 2 aliphatic rings. The van der Waals surface area contributed by atoms with Gasteiger partial charge in [-0.25, -0.2) is 22.8 Å². The van der Waals surface area contributed by atoms with Crippen molar-refractivity contribution in [1.29, 1.82) is 0 Å². The first-order valence-electron chi connectivity index (χ1n) is 9.20. The van der Waals surface area contributed by atoms with Crippen molar-refractivity contribution in [3.05, 3.63) is 35.4 Å². The predicted molar refractivity (Wildman–Crippen MR) is 99.8 cm³/mol. The number of aryl methyl sites for hydroxylation is 3. The minimum absolute atomic E-state index is 0.0263. The highest BCUT2D eigenvalue weighted by molar-refractivity contribution is 7.89. The van der Waals surface area contributed by atoms with Crippen LogP contribution in [0.2, 0.25) is 0 Å². The average Bonchev–Trinajstić information content (AvgIpc) is 3.01. The molecule has 0 unspecified atom stereocenters. The van der Waals surface area contributed by atoms with Crippen molar-refractivity contribution in [3.63, 3.8) is 0 Å². The lowest BCUT2D eigenvalue weighted by molar-refractivity contribution is -0.116. The van der Waals surface area contributed by atoms with Gasteiger partial charge in [0, 0.05) is 25.7 Å². The molecule has 1 N–H and O–H groups in total. The van der Waals surface area contributed by atoms with Gasteiger partial charge in [-0.2, -0.15) is 5.10 Å². The van der Waals surface area contributed by atoms with E-state index in [0.717, 1.165) is 37.1 Å². The Bertz CT molecular complexity index is 998. The zero-order chi connectivity index (χ0) is 19.2.